The van der Waals surface area contributed by atoms with Gasteiger partial charge in [0.25, 0.3) is 0 Å². The van der Waals surface area contributed by atoms with Crippen LogP contribution < -0.4 is 0 Å². The first-order valence-electron chi connectivity index (χ1n) is 5.93. The lowest BCUT2D eigenvalue weighted by atomic mass is 9.81. The number of fused-ring (bicyclic) bond motifs is 3. The zero-order valence-corrected chi connectivity index (χ0v) is 8.67. The third-order valence-corrected chi connectivity index (χ3v) is 3.81. The van der Waals surface area contributed by atoms with E-state index >= 15 is 0 Å². The number of hydrogen-bond acceptors (Lipinski definition) is 1. The Hall–Kier alpha value is -0.0400. The fourth-order valence-electron chi connectivity index (χ4n) is 2.94. The summed E-state index contributed by atoms with van der Waals surface area (Å²) in [5.41, 5.74) is 0. The van der Waals surface area contributed by atoms with Gasteiger partial charge >= 0.3 is 0 Å². The minimum Gasteiger partial charge on any atom is -0.300 e. The molecule has 0 aromatic heterocycles. The van der Waals surface area contributed by atoms with Crippen LogP contribution in [0, 0.1) is 12.8 Å². The molecule has 3 rings (SSSR count). The standard InChI is InChI=1S/C12H22N/c1-2-3-4-5-12-10-11-6-8-13(12)9-7-11/h11-12H,1-10H2. The van der Waals surface area contributed by atoms with Crippen molar-refractivity contribution >= 4 is 0 Å². The van der Waals surface area contributed by atoms with Crippen LogP contribution in [0.2, 0.25) is 0 Å². The number of hydrogen-bond donors (Lipinski definition) is 0. The zero-order chi connectivity index (χ0) is 9.10. The molecule has 3 saturated heterocycles. The molecule has 1 nitrogen and oxygen atoms in total. The van der Waals surface area contributed by atoms with Gasteiger partial charge < -0.3 is 4.90 Å². The molecule has 1 radical (unpaired) electrons. The average molecular weight is 180 g/mol. The van der Waals surface area contributed by atoms with Crippen molar-refractivity contribution in [2.45, 2.75) is 51.0 Å². The molecule has 3 aliphatic heterocycles. The maximum atomic E-state index is 3.90. The Morgan fingerprint density at radius 1 is 1.15 bits per heavy atom. The predicted molar refractivity (Wildman–Crippen MR) is 56.5 cm³/mol. The SMILES string of the molecule is [CH2]CCCCC1CC2CCN1CC2. The van der Waals surface area contributed by atoms with Gasteiger partial charge in [-0.1, -0.05) is 26.2 Å². The van der Waals surface area contributed by atoms with E-state index in [1.54, 1.807) is 0 Å². The first-order chi connectivity index (χ1) is 6.40. The van der Waals surface area contributed by atoms with Gasteiger partial charge in [0.2, 0.25) is 0 Å². The summed E-state index contributed by atoms with van der Waals surface area (Å²) in [6.45, 7) is 6.68. The van der Waals surface area contributed by atoms with Crippen LogP contribution in [0.4, 0.5) is 0 Å². The van der Waals surface area contributed by atoms with Crippen LogP contribution >= 0.6 is 0 Å². The normalized spacial score (nSPS) is 38.1. The molecule has 1 atom stereocenters. The highest BCUT2D eigenvalue weighted by Crippen LogP contribution is 2.33. The van der Waals surface area contributed by atoms with Crippen molar-refractivity contribution in [2.75, 3.05) is 13.1 Å². The molecule has 0 N–H and O–H groups in total. The van der Waals surface area contributed by atoms with E-state index in [1.165, 1.54) is 51.6 Å². The van der Waals surface area contributed by atoms with Gasteiger partial charge in [0.15, 0.2) is 0 Å². The van der Waals surface area contributed by atoms with Crippen molar-refractivity contribution in [1.82, 2.24) is 4.90 Å². The van der Waals surface area contributed by atoms with Crippen molar-refractivity contribution < 1.29 is 0 Å². The monoisotopic (exact) mass is 180 g/mol. The summed E-state index contributed by atoms with van der Waals surface area (Å²) < 4.78 is 0. The minimum atomic E-state index is 0.944. The second kappa shape index (κ2) is 4.45. The minimum absolute atomic E-state index is 0.944. The molecule has 0 aliphatic carbocycles. The van der Waals surface area contributed by atoms with E-state index in [0.717, 1.165) is 18.4 Å². The summed E-state index contributed by atoms with van der Waals surface area (Å²) in [5, 5.41) is 0. The van der Waals surface area contributed by atoms with Gasteiger partial charge in [-0.25, -0.2) is 0 Å². The molecular formula is C12H22N. The van der Waals surface area contributed by atoms with Crippen molar-refractivity contribution in [3.05, 3.63) is 6.92 Å². The van der Waals surface area contributed by atoms with Gasteiger partial charge in [-0.15, -0.1) is 0 Å². The molecule has 0 amide bonds. The Bertz CT molecular complexity index is 147. The summed E-state index contributed by atoms with van der Waals surface area (Å²) in [5.74, 6) is 1.08. The highest BCUT2D eigenvalue weighted by atomic mass is 15.2. The third kappa shape index (κ3) is 2.25. The Kier molecular flexibility index (Phi) is 3.26. The average Bonchev–Trinajstić information content (AvgIpc) is 2.20. The lowest BCUT2D eigenvalue weighted by molar-refractivity contribution is 0.0439. The van der Waals surface area contributed by atoms with E-state index in [2.05, 4.69) is 11.8 Å². The highest BCUT2D eigenvalue weighted by Gasteiger charge is 2.32. The van der Waals surface area contributed by atoms with Crippen molar-refractivity contribution in [3.63, 3.8) is 0 Å². The zero-order valence-electron chi connectivity index (χ0n) is 8.67. The van der Waals surface area contributed by atoms with Crippen LogP contribution in [-0.2, 0) is 0 Å². The van der Waals surface area contributed by atoms with E-state index in [9.17, 15) is 0 Å². The Balaban J connectivity index is 1.74. The number of unbranched alkanes of at least 4 members (excludes halogenated alkanes) is 2. The van der Waals surface area contributed by atoms with Gasteiger partial charge in [0.1, 0.15) is 0 Å². The van der Waals surface area contributed by atoms with E-state index in [-0.39, 0.29) is 0 Å². The van der Waals surface area contributed by atoms with E-state index in [0.29, 0.717) is 0 Å². The van der Waals surface area contributed by atoms with Crippen LogP contribution in [0.25, 0.3) is 0 Å². The molecule has 13 heavy (non-hydrogen) atoms. The molecule has 0 aromatic carbocycles. The molecule has 3 fully saturated rings. The summed E-state index contributed by atoms with van der Waals surface area (Å²) in [6.07, 6.45) is 9.74. The van der Waals surface area contributed by atoms with Crippen LogP contribution in [0.3, 0.4) is 0 Å². The summed E-state index contributed by atoms with van der Waals surface area (Å²) >= 11 is 0. The van der Waals surface area contributed by atoms with Crippen molar-refractivity contribution in [2.24, 2.45) is 5.92 Å². The number of piperidine rings is 3. The fourth-order valence-corrected chi connectivity index (χ4v) is 2.94. The van der Waals surface area contributed by atoms with Gasteiger partial charge in [-0.2, -0.15) is 0 Å². The first-order valence-corrected chi connectivity index (χ1v) is 5.93. The van der Waals surface area contributed by atoms with Crippen LogP contribution in [-0.4, -0.2) is 24.0 Å². The number of nitrogens with zero attached hydrogens (tertiary/aromatic N) is 1. The van der Waals surface area contributed by atoms with Crippen LogP contribution in [0.15, 0.2) is 0 Å². The maximum Gasteiger partial charge on any atom is 0.00979 e. The summed E-state index contributed by atoms with van der Waals surface area (Å²) in [4.78, 5) is 2.73. The second-order valence-electron chi connectivity index (χ2n) is 4.72. The molecule has 3 heterocycles. The molecular weight excluding hydrogens is 158 g/mol. The van der Waals surface area contributed by atoms with Crippen molar-refractivity contribution in [1.29, 1.82) is 0 Å². The van der Waals surface area contributed by atoms with Gasteiger partial charge in [-0.05, 0) is 44.7 Å². The molecule has 2 bridgehead atoms. The molecule has 1 heteroatoms. The molecule has 3 aliphatic rings. The van der Waals surface area contributed by atoms with E-state index < -0.39 is 0 Å². The van der Waals surface area contributed by atoms with Gasteiger partial charge in [0, 0.05) is 6.04 Å². The Labute approximate surface area is 82.5 Å². The lowest BCUT2D eigenvalue weighted by Crippen LogP contribution is -2.48. The fraction of sp³-hybridized carbons (Fsp3) is 0.917. The van der Waals surface area contributed by atoms with E-state index in [1.807, 2.05) is 0 Å². The first kappa shape index (κ1) is 9.51. The molecule has 0 aromatic rings. The quantitative estimate of drug-likeness (QED) is 0.601. The predicted octanol–water partition coefficient (Wildman–Crippen LogP) is 2.87. The smallest absolute Gasteiger partial charge is 0.00979 e. The Morgan fingerprint density at radius 2 is 1.92 bits per heavy atom. The van der Waals surface area contributed by atoms with Crippen LogP contribution in [0.1, 0.15) is 44.9 Å². The van der Waals surface area contributed by atoms with Gasteiger partial charge in [-0.3, -0.25) is 0 Å². The van der Waals surface area contributed by atoms with Gasteiger partial charge in [0.05, 0.1) is 0 Å². The molecule has 1 unspecified atom stereocenters. The lowest BCUT2D eigenvalue weighted by Gasteiger charge is -2.45. The van der Waals surface area contributed by atoms with E-state index in [4.69, 9.17) is 0 Å². The largest absolute Gasteiger partial charge is 0.300 e. The summed E-state index contributed by atoms with van der Waals surface area (Å²) in [7, 11) is 0. The highest BCUT2D eigenvalue weighted by molar-refractivity contribution is 4.87. The summed E-state index contributed by atoms with van der Waals surface area (Å²) in [6, 6.07) is 0.944. The molecule has 0 spiro atoms. The molecule has 0 saturated carbocycles. The van der Waals surface area contributed by atoms with Crippen LogP contribution in [0.5, 0.6) is 0 Å². The maximum absolute atomic E-state index is 3.90. The Morgan fingerprint density at radius 3 is 2.46 bits per heavy atom. The topological polar surface area (TPSA) is 3.24 Å². The third-order valence-electron chi connectivity index (χ3n) is 3.81. The van der Waals surface area contributed by atoms with Crippen molar-refractivity contribution in [3.8, 4) is 0 Å². The number of rotatable bonds is 4. The second-order valence-corrected chi connectivity index (χ2v) is 4.72. The molecule has 75 valence electrons.